The van der Waals surface area contributed by atoms with E-state index in [2.05, 4.69) is 20.3 Å². The predicted molar refractivity (Wildman–Crippen MR) is 194 cm³/mol. The van der Waals surface area contributed by atoms with Gasteiger partial charge < -0.3 is 49.4 Å². The summed E-state index contributed by atoms with van der Waals surface area (Å²) in [6.45, 7) is 6.32. The van der Waals surface area contributed by atoms with Gasteiger partial charge in [-0.05, 0) is 54.9 Å². The first-order valence-corrected chi connectivity index (χ1v) is 19.2. The molecule has 18 heteroatoms. The molecule has 0 aliphatic carbocycles. The number of hydrogen-bond acceptors (Lipinski definition) is 12. The molecule has 3 rings (SSSR count). The van der Waals surface area contributed by atoms with E-state index in [1.54, 1.807) is 18.2 Å². The minimum absolute atomic E-state index is 0.00100. The van der Waals surface area contributed by atoms with Crippen LogP contribution in [0.15, 0.2) is 41.3 Å². The lowest BCUT2D eigenvalue weighted by molar-refractivity contribution is -0.146. The zero-order valence-electron chi connectivity index (χ0n) is 29.5. The molecule has 0 saturated heterocycles. The van der Waals surface area contributed by atoms with Crippen LogP contribution in [0.4, 0.5) is 0 Å². The zero-order valence-corrected chi connectivity index (χ0v) is 31.8. The number of nitrogens with zero attached hydrogens (tertiary/aromatic N) is 1. The van der Waals surface area contributed by atoms with Crippen molar-refractivity contribution in [3.8, 4) is 0 Å². The second-order valence-corrected chi connectivity index (χ2v) is 14.4. The Morgan fingerprint density at radius 1 is 0.808 bits per heavy atom. The van der Waals surface area contributed by atoms with Gasteiger partial charge in [0.15, 0.2) is 12.2 Å². The van der Waals surface area contributed by atoms with Crippen LogP contribution in [0, 0.1) is 0 Å². The van der Waals surface area contributed by atoms with Crippen LogP contribution in [0.1, 0.15) is 29.5 Å². The van der Waals surface area contributed by atoms with E-state index in [0.29, 0.717) is 36.4 Å². The molecule has 2 aromatic carbocycles. The number of aliphatic hydroxyl groups is 2. The van der Waals surface area contributed by atoms with Crippen molar-refractivity contribution in [1.82, 2.24) is 20.3 Å². The molecule has 1 heterocycles. The van der Waals surface area contributed by atoms with Crippen LogP contribution in [-0.4, -0.2) is 147 Å². The number of halogens is 2. The van der Waals surface area contributed by atoms with Gasteiger partial charge in [-0.2, -0.15) is 0 Å². The minimum Gasteiger partial charge on any atom is -0.380 e. The Morgan fingerprint density at radius 3 is 1.85 bits per heavy atom. The summed E-state index contributed by atoms with van der Waals surface area (Å²) in [6.07, 6.45) is -3.88. The summed E-state index contributed by atoms with van der Waals surface area (Å²) >= 11 is 12.8. The highest BCUT2D eigenvalue weighted by molar-refractivity contribution is 7.89. The molecule has 52 heavy (non-hydrogen) atoms. The normalized spacial score (nSPS) is 15.9. The Morgan fingerprint density at radius 2 is 1.31 bits per heavy atom. The molecule has 292 valence electrons. The van der Waals surface area contributed by atoms with Crippen molar-refractivity contribution >= 4 is 45.0 Å². The summed E-state index contributed by atoms with van der Waals surface area (Å²) < 4.78 is 54.8. The first-order chi connectivity index (χ1) is 24.9. The molecule has 3 atom stereocenters. The van der Waals surface area contributed by atoms with Crippen LogP contribution in [-0.2, 0) is 49.8 Å². The predicted octanol–water partition coefficient (Wildman–Crippen LogP) is 0.906. The minimum atomic E-state index is -3.74. The molecule has 0 aromatic heterocycles. The molecule has 0 bridgehead atoms. The Balaban J connectivity index is 1.21. The van der Waals surface area contributed by atoms with Gasteiger partial charge in [0.1, 0.15) is 0 Å². The van der Waals surface area contributed by atoms with E-state index < -0.39 is 34.0 Å². The quantitative estimate of drug-likeness (QED) is 0.0894. The van der Waals surface area contributed by atoms with Gasteiger partial charge in [-0.25, -0.2) is 13.1 Å². The number of rotatable bonds is 25. The van der Waals surface area contributed by atoms with Gasteiger partial charge in [0.05, 0.1) is 64.4 Å². The molecule has 1 aliphatic rings. The Hall–Kier alpha value is -2.45. The first kappa shape index (κ1) is 44.0. The number of carbonyl (C=O) groups excluding carboxylic acids is 2. The van der Waals surface area contributed by atoms with Gasteiger partial charge in [-0.1, -0.05) is 35.3 Å². The SMILES string of the molecule is CCOCCOCCNC(=O)C(O)C(O)C(=O)NCCOCCOCCOCCNS(=O)(=O)c1ccc([C@@H]2CN(C)Cc3c(Cl)cc(Cl)cc32)cc1. The highest BCUT2D eigenvalue weighted by atomic mass is 35.5. The van der Waals surface area contributed by atoms with E-state index in [0.717, 1.165) is 23.2 Å². The van der Waals surface area contributed by atoms with Crippen LogP contribution in [0.25, 0.3) is 0 Å². The van der Waals surface area contributed by atoms with Gasteiger partial charge in [0.25, 0.3) is 11.8 Å². The van der Waals surface area contributed by atoms with Crippen molar-refractivity contribution in [2.24, 2.45) is 0 Å². The molecule has 0 spiro atoms. The standard InChI is InChI=1S/C34H50Cl2N4O11S/c1-3-47-14-15-48-11-8-37-33(43)31(41)32(42)34(44)38-9-12-49-16-18-51-19-17-50-13-10-39-52(45,46)26-6-4-24(5-7-26)28-22-40(2)23-29-27(28)20-25(35)21-30(29)36/h4-7,20-21,28,31-32,39,41-42H,3,8-19,22-23H2,1-2H3,(H,37,43)(H,38,44)/t28-,31?,32?/m0/s1. The lowest BCUT2D eigenvalue weighted by Gasteiger charge is -2.33. The smallest absolute Gasteiger partial charge is 0.252 e. The van der Waals surface area contributed by atoms with E-state index in [9.17, 15) is 28.2 Å². The molecule has 2 amide bonds. The zero-order chi connectivity index (χ0) is 37.9. The molecule has 2 unspecified atom stereocenters. The maximum Gasteiger partial charge on any atom is 0.252 e. The number of nitrogens with one attached hydrogen (secondary N) is 3. The molecule has 0 fully saturated rings. The molecular weight excluding hydrogens is 743 g/mol. The van der Waals surface area contributed by atoms with E-state index in [-0.39, 0.29) is 76.7 Å². The lowest BCUT2D eigenvalue weighted by Crippen LogP contribution is -2.50. The van der Waals surface area contributed by atoms with Gasteiger partial charge >= 0.3 is 0 Å². The molecule has 1 aliphatic heterocycles. The highest BCUT2D eigenvalue weighted by Gasteiger charge is 2.30. The number of aliphatic hydroxyl groups excluding tert-OH is 2. The number of ether oxygens (including phenoxy) is 5. The van der Waals surface area contributed by atoms with Crippen molar-refractivity contribution < 1.29 is 51.9 Å². The monoisotopic (exact) mass is 792 g/mol. The summed E-state index contributed by atoms with van der Waals surface area (Å²) in [5.74, 6) is -1.81. The average molecular weight is 794 g/mol. The summed E-state index contributed by atoms with van der Waals surface area (Å²) in [7, 11) is -1.72. The first-order valence-electron chi connectivity index (χ1n) is 17.0. The molecule has 5 N–H and O–H groups in total. The summed E-state index contributed by atoms with van der Waals surface area (Å²) in [6, 6.07) is 10.5. The van der Waals surface area contributed by atoms with Gasteiger partial charge in [-0.15, -0.1) is 0 Å². The average Bonchev–Trinajstić information content (AvgIpc) is 3.12. The number of sulfonamides is 1. The fourth-order valence-electron chi connectivity index (χ4n) is 5.24. The number of likely N-dealkylation sites (N-methyl/N-ethyl adjacent to an activating group) is 1. The Kier molecular flexibility index (Phi) is 19.7. The molecule has 15 nitrogen and oxygen atoms in total. The maximum atomic E-state index is 12.8. The summed E-state index contributed by atoms with van der Waals surface area (Å²) in [5.41, 5.74) is 3.03. The molecular formula is C34H50Cl2N4O11S. The van der Waals surface area contributed by atoms with Gasteiger partial charge in [-0.3, -0.25) is 9.59 Å². The fourth-order valence-corrected chi connectivity index (χ4v) is 6.82. The lowest BCUT2D eigenvalue weighted by atomic mass is 9.85. The van der Waals surface area contributed by atoms with E-state index in [1.807, 2.05) is 32.2 Å². The summed E-state index contributed by atoms with van der Waals surface area (Å²) in [5, 5.41) is 25.8. The van der Waals surface area contributed by atoms with Crippen LogP contribution >= 0.6 is 23.2 Å². The van der Waals surface area contributed by atoms with Gasteiger partial charge in [0, 0.05) is 55.3 Å². The number of amides is 2. The highest BCUT2D eigenvalue weighted by Crippen LogP contribution is 2.38. The molecule has 2 aromatic rings. The molecule has 0 radical (unpaired) electrons. The topological polar surface area (TPSA) is 194 Å². The van der Waals surface area contributed by atoms with Crippen molar-refractivity contribution in [1.29, 1.82) is 0 Å². The Bertz CT molecular complexity index is 1500. The van der Waals surface area contributed by atoms with E-state index in [4.69, 9.17) is 46.9 Å². The van der Waals surface area contributed by atoms with Crippen LogP contribution in [0.2, 0.25) is 10.0 Å². The maximum absolute atomic E-state index is 12.8. The fraction of sp³-hybridized carbons (Fsp3) is 0.588. The van der Waals surface area contributed by atoms with Crippen molar-refractivity contribution in [3.05, 3.63) is 63.1 Å². The third kappa shape index (κ3) is 14.8. The Labute approximate surface area is 315 Å². The van der Waals surface area contributed by atoms with Crippen molar-refractivity contribution in [2.45, 2.75) is 36.5 Å². The van der Waals surface area contributed by atoms with Crippen molar-refractivity contribution in [2.75, 3.05) is 99.3 Å². The van der Waals surface area contributed by atoms with Crippen molar-refractivity contribution in [3.63, 3.8) is 0 Å². The number of fused-ring (bicyclic) bond motifs is 1. The molecule has 0 saturated carbocycles. The number of hydrogen-bond donors (Lipinski definition) is 5. The second kappa shape index (κ2) is 23.4. The van der Waals surface area contributed by atoms with Crippen LogP contribution < -0.4 is 15.4 Å². The van der Waals surface area contributed by atoms with E-state index in [1.165, 1.54) is 0 Å². The van der Waals surface area contributed by atoms with Crippen LogP contribution in [0.3, 0.4) is 0 Å². The number of benzene rings is 2. The third-order valence-corrected chi connectivity index (χ3v) is 9.90. The second-order valence-electron chi connectivity index (χ2n) is 11.8. The largest absolute Gasteiger partial charge is 0.380 e. The van der Waals surface area contributed by atoms with Gasteiger partial charge in [0.2, 0.25) is 10.0 Å². The third-order valence-electron chi connectivity index (χ3n) is 7.87. The van der Waals surface area contributed by atoms with E-state index >= 15 is 0 Å². The summed E-state index contributed by atoms with van der Waals surface area (Å²) in [4.78, 5) is 26.3. The van der Waals surface area contributed by atoms with Crippen LogP contribution in [0.5, 0.6) is 0 Å². The number of carbonyl (C=O) groups is 2.